The van der Waals surface area contributed by atoms with Gasteiger partial charge in [-0.05, 0) is 6.92 Å². The van der Waals surface area contributed by atoms with E-state index in [1.165, 1.54) is 0 Å². The number of amides is 1. The Hall–Kier alpha value is -0.590. The first kappa shape index (κ1) is 11.9. The Kier molecular flexibility index (Phi) is 4.20. The van der Waals surface area contributed by atoms with Crippen molar-refractivity contribution in [1.29, 1.82) is 0 Å². The molecule has 1 aromatic heterocycles. The van der Waals surface area contributed by atoms with Gasteiger partial charge < -0.3 is 5.32 Å². The monoisotopic (exact) mass is 257 g/mol. The fraction of sp³-hybridized carbons (Fsp3) is 0.600. The second kappa shape index (κ2) is 5.65. The van der Waals surface area contributed by atoms with Gasteiger partial charge in [0.25, 0.3) is 0 Å². The lowest BCUT2D eigenvalue weighted by Crippen LogP contribution is -2.42. The third kappa shape index (κ3) is 3.20. The van der Waals surface area contributed by atoms with E-state index in [2.05, 4.69) is 15.6 Å². The predicted molar refractivity (Wildman–Crippen MR) is 67.8 cm³/mol. The van der Waals surface area contributed by atoms with Crippen molar-refractivity contribution in [3.05, 3.63) is 16.1 Å². The van der Waals surface area contributed by atoms with Gasteiger partial charge in [0, 0.05) is 30.0 Å². The average Bonchev–Trinajstić information content (AvgIpc) is 2.89. The van der Waals surface area contributed by atoms with Crippen molar-refractivity contribution in [3.63, 3.8) is 0 Å². The first-order valence-corrected chi connectivity index (χ1v) is 7.29. The fourth-order valence-corrected chi connectivity index (χ4v) is 3.11. The summed E-state index contributed by atoms with van der Waals surface area (Å²) in [7, 11) is 0. The highest BCUT2D eigenvalue weighted by molar-refractivity contribution is 7.99. The third-order valence-corrected chi connectivity index (χ3v) is 4.14. The molecule has 1 aliphatic heterocycles. The van der Waals surface area contributed by atoms with Gasteiger partial charge in [0.15, 0.2) is 0 Å². The normalized spacial score (nSPS) is 19.9. The zero-order valence-electron chi connectivity index (χ0n) is 9.16. The highest BCUT2D eigenvalue weighted by Gasteiger charge is 2.21. The number of hydrogen-bond acceptors (Lipinski definition) is 5. The standard InChI is InChI=1S/C10H15N3OS2/c1-7-13-8(4-16-7)2-3-11-10(14)9-5-15-6-12-9/h4,9,12H,2-3,5-6H2,1H3,(H,11,14). The summed E-state index contributed by atoms with van der Waals surface area (Å²) in [5.41, 5.74) is 1.07. The molecule has 4 nitrogen and oxygen atoms in total. The minimum absolute atomic E-state index is 0.0119. The predicted octanol–water partition coefficient (Wildman–Crippen LogP) is 0.773. The molecule has 1 aliphatic rings. The van der Waals surface area contributed by atoms with Crippen molar-refractivity contribution >= 4 is 29.0 Å². The number of thiazole rings is 1. The molecule has 0 saturated carbocycles. The number of rotatable bonds is 4. The molecule has 16 heavy (non-hydrogen) atoms. The summed E-state index contributed by atoms with van der Waals surface area (Å²) in [5, 5.41) is 9.20. The number of carbonyl (C=O) groups excluding carboxylic acids is 1. The summed E-state index contributed by atoms with van der Waals surface area (Å²) >= 11 is 3.41. The minimum Gasteiger partial charge on any atom is -0.354 e. The van der Waals surface area contributed by atoms with Gasteiger partial charge in [-0.3, -0.25) is 10.1 Å². The molecule has 2 N–H and O–H groups in total. The molecule has 6 heteroatoms. The van der Waals surface area contributed by atoms with Crippen LogP contribution in [0.4, 0.5) is 0 Å². The summed E-state index contributed by atoms with van der Waals surface area (Å²) in [6, 6.07) is -0.0119. The Morgan fingerprint density at radius 3 is 3.25 bits per heavy atom. The molecule has 0 spiro atoms. The second-order valence-corrected chi connectivity index (χ2v) is 5.76. The van der Waals surface area contributed by atoms with E-state index in [9.17, 15) is 4.79 Å². The maximum Gasteiger partial charge on any atom is 0.238 e. The van der Waals surface area contributed by atoms with Gasteiger partial charge in [0.2, 0.25) is 5.91 Å². The van der Waals surface area contributed by atoms with Crippen LogP contribution in [0.3, 0.4) is 0 Å². The number of carbonyl (C=O) groups is 1. The zero-order chi connectivity index (χ0) is 11.4. The Labute approximate surface area is 103 Å². The molecule has 1 saturated heterocycles. The summed E-state index contributed by atoms with van der Waals surface area (Å²) in [6.07, 6.45) is 0.815. The van der Waals surface area contributed by atoms with Crippen molar-refractivity contribution in [3.8, 4) is 0 Å². The molecule has 1 atom stereocenters. The summed E-state index contributed by atoms with van der Waals surface area (Å²) in [5.74, 6) is 1.86. The molecule has 0 aromatic carbocycles. The van der Waals surface area contributed by atoms with Gasteiger partial charge in [-0.15, -0.1) is 23.1 Å². The van der Waals surface area contributed by atoms with E-state index in [0.717, 1.165) is 28.8 Å². The molecule has 2 rings (SSSR count). The van der Waals surface area contributed by atoms with Gasteiger partial charge >= 0.3 is 0 Å². The second-order valence-electron chi connectivity index (χ2n) is 3.67. The van der Waals surface area contributed by atoms with E-state index in [-0.39, 0.29) is 11.9 Å². The van der Waals surface area contributed by atoms with Crippen molar-refractivity contribution in [2.24, 2.45) is 0 Å². The average molecular weight is 257 g/mol. The van der Waals surface area contributed by atoms with E-state index < -0.39 is 0 Å². The number of hydrogen-bond donors (Lipinski definition) is 2. The summed E-state index contributed by atoms with van der Waals surface area (Å²) in [4.78, 5) is 16.0. The molecule has 1 fully saturated rings. The van der Waals surface area contributed by atoms with Crippen LogP contribution in [0.1, 0.15) is 10.7 Å². The van der Waals surface area contributed by atoms with Crippen molar-refractivity contribution < 1.29 is 4.79 Å². The Balaban J connectivity index is 1.69. The van der Waals surface area contributed by atoms with Gasteiger partial charge in [-0.2, -0.15) is 0 Å². The quantitative estimate of drug-likeness (QED) is 0.837. The maximum absolute atomic E-state index is 11.6. The SMILES string of the molecule is Cc1nc(CCNC(=O)C2CSCN2)cs1. The molecule has 1 amide bonds. The molecule has 0 radical (unpaired) electrons. The van der Waals surface area contributed by atoms with E-state index in [1.54, 1.807) is 23.1 Å². The van der Waals surface area contributed by atoms with Crippen LogP contribution in [0, 0.1) is 6.92 Å². The topological polar surface area (TPSA) is 54.0 Å². The zero-order valence-corrected chi connectivity index (χ0v) is 10.8. The Morgan fingerprint density at radius 2 is 2.62 bits per heavy atom. The lowest BCUT2D eigenvalue weighted by Gasteiger charge is -2.09. The number of nitrogens with zero attached hydrogens (tertiary/aromatic N) is 1. The highest BCUT2D eigenvalue weighted by atomic mass is 32.2. The molecule has 88 valence electrons. The molecule has 0 aliphatic carbocycles. The van der Waals surface area contributed by atoms with E-state index >= 15 is 0 Å². The van der Waals surface area contributed by atoms with Crippen LogP contribution in [0.25, 0.3) is 0 Å². The van der Waals surface area contributed by atoms with Crippen LogP contribution in [0.15, 0.2) is 5.38 Å². The highest BCUT2D eigenvalue weighted by Crippen LogP contribution is 2.10. The van der Waals surface area contributed by atoms with Crippen molar-refractivity contribution in [2.75, 3.05) is 18.2 Å². The van der Waals surface area contributed by atoms with Gasteiger partial charge in [-0.25, -0.2) is 4.98 Å². The van der Waals surface area contributed by atoms with Crippen LogP contribution in [0.5, 0.6) is 0 Å². The van der Waals surface area contributed by atoms with E-state index in [1.807, 2.05) is 12.3 Å². The van der Waals surface area contributed by atoms with Crippen LogP contribution in [-0.4, -0.2) is 35.1 Å². The lowest BCUT2D eigenvalue weighted by atomic mass is 10.3. The molecule has 1 aromatic rings. The largest absolute Gasteiger partial charge is 0.354 e. The van der Waals surface area contributed by atoms with Crippen LogP contribution in [0.2, 0.25) is 0 Å². The molecule has 0 bridgehead atoms. The fourth-order valence-electron chi connectivity index (χ4n) is 1.52. The summed E-state index contributed by atoms with van der Waals surface area (Å²) < 4.78 is 0. The lowest BCUT2D eigenvalue weighted by molar-refractivity contribution is -0.122. The molecular formula is C10H15N3OS2. The summed E-state index contributed by atoms with van der Waals surface area (Å²) in [6.45, 7) is 2.66. The number of nitrogens with one attached hydrogen (secondary N) is 2. The first-order chi connectivity index (χ1) is 7.75. The van der Waals surface area contributed by atoms with E-state index in [4.69, 9.17) is 0 Å². The van der Waals surface area contributed by atoms with Crippen LogP contribution < -0.4 is 10.6 Å². The van der Waals surface area contributed by atoms with Gasteiger partial charge in [0.1, 0.15) is 0 Å². The number of thioether (sulfide) groups is 1. The third-order valence-electron chi connectivity index (χ3n) is 2.38. The molecular weight excluding hydrogens is 242 g/mol. The van der Waals surface area contributed by atoms with E-state index in [0.29, 0.717) is 6.54 Å². The molecule has 2 heterocycles. The number of aryl methyl sites for hydroxylation is 1. The number of aromatic nitrogens is 1. The minimum atomic E-state index is -0.0119. The Bertz CT molecular complexity index is 361. The molecule has 1 unspecified atom stereocenters. The Morgan fingerprint density at radius 1 is 1.75 bits per heavy atom. The van der Waals surface area contributed by atoms with Crippen LogP contribution >= 0.6 is 23.1 Å². The smallest absolute Gasteiger partial charge is 0.238 e. The van der Waals surface area contributed by atoms with Gasteiger partial charge in [-0.1, -0.05) is 0 Å². The first-order valence-electron chi connectivity index (χ1n) is 5.25. The van der Waals surface area contributed by atoms with Crippen LogP contribution in [-0.2, 0) is 11.2 Å². The van der Waals surface area contributed by atoms with Gasteiger partial charge in [0.05, 0.1) is 16.7 Å². The maximum atomic E-state index is 11.6. The van der Waals surface area contributed by atoms with Crippen molar-refractivity contribution in [2.45, 2.75) is 19.4 Å². The van der Waals surface area contributed by atoms with Crippen molar-refractivity contribution in [1.82, 2.24) is 15.6 Å².